The van der Waals surface area contributed by atoms with Gasteiger partial charge in [0.1, 0.15) is 0 Å². The van der Waals surface area contributed by atoms with Crippen molar-refractivity contribution in [3.8, 4) is 0 Å². The molecule has 1 N–H and O–H groups in total. The van der Waals surface area contributed by atoms with Crippen LogP contribution in [0.3, 0.4) is 0 Å². The maximum absolute atomic E-state index is 12.6. The molecule has 0 saturated carbocycles. The van der Waals surface area contributed by atoms with Crippen LogP contribution in [-0.2, 0) is 6.54 Å². The fraction of sp³-hybridized carbons (Fsp3) is 0.438. The summed E-state index contributed by atoms with van der Waals surface area (Å²) in [5, 5.41) is 11.7. The number of aliphatic hydroxyl groups excluding tert-OH is 1. The molecular formula is C16H20N2O2S. The highest BCUT2D eigenvalue weighted by Crippen LogP contribution is 2.22. The van der Waals surface area contributed by atoms with E-state index in [2.05, 4.69) is 16.0 Å². The number of likely N-dealkylation sites (tertiary alicyclic amines) is 1. The summed E-state index contributed by atoms with van der Waals surface area (Å²) in [6.07, 6.45) is 0.309. The molecular weight excluding hydrogens is 284 g/mol. The van der Waals surface area contributed by atoms with E-state index in [1.165, 1.54) is 4.88 Å². The average molecular weight is 304 g/mol. The lowest BCUT2D eigenvalue weighted by Gasteiger charge is -2.15. The lowest BCUT2D eigenvalue weighted by atomic mass is 10.2. The molecule has 112 valence electrons. The molecule has 1 aliphatic rings. The lowest BCUT2D eigenvalue weighted by molar-refractivity contribution is 0.0764. The molecule has 1 fully saturated rings. The van der Waals surface area contributed by atoms with Crippen LogP contribution in [0.25, 0.3) is 0 Å². The number of carbonyl (C=O) groups is 1. The van der Waals surface area contributed by atoms with E-state index in [0.717, 1.165) is 23.5 Å². The second kappa shape index (κ2) is 5.66. The van der Waals surface area contributed by atoms with Gasteiger partial charge in [0.15, 0.2) is 0 Å². The van der Waals surface area contributed by atoms with Gasteiger partial charge >= 0.3 is 0 Å². The van der Waals surface area contributed by atoms with E-state index in [1.807, 2.05) is 26.0 Å². The third kappa shape index (κ3) is 2.76. The lowest BCUT2D eigenvalue weighted by Crippen LogP contribution is -2.29. The Bertz CT molecular complexity index is 646. The van der Waals surface area contributed by atoms with Gasteiger partial charge in [0, 0.05) is 29.4 Å². The van der Waals surface area contributed by atoms with Crippen molar-refractivity contribution in [3.63, 3.8) is 0 Å². The maximum atomic E-state index is 12.6. The Labute approximate surface area is 128 Å². The van der Waals surface area contributed by atoms with Gasteiger partial charge in [0.05, 0.1) is 18.2 Å². The van der Waals surface area contributed by atoms with Crippen LogP contribution in [0.4, 0.5) is 0 Å². The molecule has 5 heteroatoms. The summed E-state index contributed by atoms with van der Waals surface area (Å²) in [5.74, 6) is 0.0390. The molecule has 0 aromatic carbocycles. The van der Waals surface area contributed by atoms with E-state index < -0.39 is 0 Å². The average Bonchev–Trinajstić information content (AvgIpc) is 3.16. The molecule has 2 aromatic rings. The van der Waals surface area contributed by atoms with Crippen LogP contribution in [0, 0.1) is 13.8 Å². The number of aromatic nitrogens is 1. The number of rotatable bonds is 3. The van der Waals surface area contributed by atoms with Crippen molar-refractivity contribution in [2.45, 2.75) is 32.9 Å². The minimum absolute atomic E-state index is 0.0390. The molecule has 21 heavy (non-hydrogen) atoms. The third-order valence-corrected chi connectivity index (χ3v) is 5.01. The number of thiophene rings is 1. The highest BCUT2D eigenvalue weighted by atomic mass is 32.1. The fourth-order valence-corrected chi connectivity index (χ4v) is 3.61. The van der Waals surface area contributed by atoms with E-state index in [0.29, 0.717) is 19.5 Å². The molecule has 1 amide bonds. The van der Waals surface area contributed by atoms with Crippen molar-refractivity contribution in [1.82, 2.24) is 9.47 Å². The largest absolute Gasteiger partial charge is 0.391 e. The zero-order valence-corrected chi connectivity index (χ0v) is 13.2. The standard InChI is InChI=1S/C16H20N2O2S/c1-11-8-15(16(20)17-6-5-13(19)9-17)12(2)18(11)10-14-4-3-7-21-14/h3-4,7-8,13,19H,5-6,9-10H2,1-2H3/t13-/m1/s1. The van der Waals surface area contributed by atoms with Crippen LogP contribution >= 0.6 is 11.3 Å². The SMILES string of the molecule is Cc1cc(C(=O)N2CC[C@@H](O)C2)c(C)n1Cc1cccs1. The van der Waals surface area contributed by atoms with E-state index in [4.69, 9.17) is 0 Å². The van der Waals surface area contributed by atoms with Crippen molar-refractivity contribution < 1.29 is 9.90 Å². The zero-order chi connectivity index (χ0) is 15.0. The predicted octanol–water partition coefficient (Wildman–Crippen LogP) is 2.42. The first kappa shape index (κ1) is 14.4. The Kier molecular flexibility index (Phi) is 3.87. The normalized spacial score (nSPS) is 18.4. The van der Waals surface area contributed by atoms with Crippen molar-refractivity contribution in [1.29, 1.82) is 0 Å². The van der Waals surface area contributed by atoms with Crippen molar-refractivity contribution >= 4 is 17.2 Å². The van der Waals surface area contributed by atoms with Gasteiger partial charge in [-0.1, -0.05) is 6.07 Å². The molecule has 1 saturated heterocycles. The Morgan fingerprint density at radius 2 is 2.29 bits per heavy atom. The third-order valence-electron chi connectivity index (χ3n) is 4.15. The first-order valence-corrected chi connectivity index (χ1v) is 8.10. The highest BCUT2D eigenvalue weighted by Gasteiger charge is 2.27. The van der Waals surface area contributed by atoms with Crippen LogP contribution in [0.5, 0.6) is 0 Å². The topological polar surface area (TPSA) is 45.5 Å². The first-order chi connectivity index (χ1) is 10.1. The monoisotopic (exact) mass is 304 g/mol. The van der Waals surface area contributed by atoms with E-state index in [9.17, 15) is 9.90 Å². The van der Waals surface area contributed by atoms with Crippen LogP contribution < -0.4 is 0 Å². The van der Waals surface area contributed by atoms with Crippen LogP contribution in [-0.4, -0.2) is 39.7 Å². The Morgan fingerprint density at radius 3 is 2.90 bits per heavy atom. The second-order valence-electron chi connectivity index (χ2n) is 5.64. The molecule has 1 atom stereocenters. The predicted molar refractivity (Wildman–Crippen MR) is 83.9 cm³/mol. The number of aliphatic hydroxyl groups is 1. The quantitative estimate of drug-likeness (QED) is 0.946. The summed E-state index contributed by atoms with van der Waals surface area (Å²) < 4.78 is 2.19. The van der Waals surface area contributed by atoms with Gasteiger partial charge in [0.2, 0.25) is 0 Å². The molecule has 0 unspecified atom stereocenters. The highest BCUT2D eigenvalue weighted by molar-refractivity contribution is 7.09. The molecule has 0 radical (unpaired) electrons. The van der Waals surface area contributed by atoms with Gasteiger partial charge in [-0.15, -0.1) is 11.3 Å². The number of amides is 1. The molecule has 0 aliphatic carbocycles. The Hall–Kier alpha value is -1.59. The molecule has 2 aromatic heterocycles. The minimum Gasteiger partial charge on any atom is -0.391 e. The number of nitrogens with zero attached hydrogens (tertiary/aromatic N) is 2. The summed E-state index contributed by atoms with van der Waals surface area (Å²) in [6, 6.07) is 6.13. The summed E-state index contributed by atoms with van der Waals surface area (Å²) in [7, 11) is 0. The smallest absolute Gasteiger partial charge is 0.255 e. The summed E-state index contributed by atoms with van der Waals surface area (Å²) in [5.41, 5.74) is 2.87. The van der Waals surface area contributed by atoms with Gasteiger partial charge in [-0.2, -0.15) is 0 Å². The molecule has 1 aliphatic heterocycles. The summed E-state index contributed by atoms with van der Waals surface area (Å²) in [6.45, 7) is 5.95. The number of carbonyl (C=O) groups excluding carboxylic acids is 1. The number of β-amino-alcohol motifs (C(OH)–C–C–N with tert-alkyl or cyclic N) is 1. The van der Waals surface area contributed by atoms with Crippen LogP contribution in [0.15, 0.2) is 23.6 Å². The van der Waals surface area contributed by atoms with Crippen LogP contribution in [0.2, 0.25) is 0 Å². The number of hydrogen-bond acceptors (Lipinski definition) is 3. The zero-order valence-electron chi connectivity index (χ0n) is 12.4. The maximum Gasteiger partial charge on any atom is 0.255 e. The van der Waals surface area contributed by atoms with Gasteiger partial charge < -0.3 is 14.6 Å². The molecule has 4 nitrogen and oxygen atoms in total. The Morgan fingerprint density at radius 1 is 1.48 bits per heavy atom. The van der Waals surface area contributed by atoms with E-state index >= 15 is 0 Å². The molecule has 3 heterocycles. The molecule has 3 rings (SSSR count). The van der Waals surface area contributed by atoms with E-state index in [-0.39, 0.29) is 12.0 Å². The van der Waals surface area contributed by atoms with Gasteiger partial charge in [-0.3, -0.25) is 4.79 Å². The van der Waals surface area contributed by atoms with Gasteiger partial charge in [-0.05, 0) is 37.8 Å². The summed E-state index contributed by atoms with van der Waals surface area (Å²) in [4.78, 5) is 15.6. The van der Waals surface area contributed by atoms with Crippen molar-refractivity contribution in [2.24, 2.45) is 0 Å². The van der Waals surface area contributed by atoms with Crippen LogP contribution in [0.1, 0.15) is 33.0 Å². The second-order valence-corrected chi connectivity index (χ2v) is 6.68. The summed E-state index contributed by atoms with van der Waals surface area (Å²) >= 11 is 1.73. The van der Waals surface area contributed by atoms with Gasteiger partial charge in [-0.25, -0.2) is 0 Å². The molecule has 0 spiro atoms. The number of hydrogen-bond donors (Lipinski definition) is 1. The fourth-order valence-electron chi connectivity index (χ4n) is 2.92. The van der Waals surface area contributed by atoms with Crippen molar-refractivity contribution in [2.75, 3.05) is 13.1 Å². The minimum atomic E-state index is -0.372. The van der Waals surface area contributed by atoms with Crippen molar-refractivity contribution in [3.05, 3.63) is 45.4 Å². The van der Waals surface area contributed by atoms with Gasteiger partial charge in [0.25, 0.3) is 5.91 Å². The number of aryl methyl sites for hydroxylation is 1. The van der Waals surface area contributed by atoms with E-state index in [1.54, 1.807) is 16.2 Å². The Balaban J connectivity index is 1.85. The first-order valence-electron chi connectivity index (χ1n) is 7.22. The molecule has 0 bridgehead atoms.